The molecule has 2 amide bonds. The summed E-state index contributed by atoms with van der Waals surface area (Å²) in [6.07, 6.45) is 0. The van der Waals surface area contributed by atoms with E-state index >= 15 is 0 Å². The van der Waals surface area contributed by atoms with Crippen LogP contribution in [-0.4, -0.2) is 47.3 Å². The fraction of sp³-hybridized carbons (Fsp3) is 0.192. The third-order valence-corrected chi connectivity index (χ3v) is 6.03. The number of hydrogen-bond donors (Lipinski definition) is 1. The van der Waals surface area contributed by atoms with Gasteiger partial charge in [-0.05, 0) is 47.5 Å². The maximum atomic E-state index is 13.7. The molecule has 0 spiro atoms. The van der Waals surface area contributed by atoms with E-state index in [1.54, 1.807) is 24.0 Å². The Morgan fingerprint density at radius 1 is 0.909 bits per heavy atom. The van der Waals surface area contributed by atoms with Crippen LogP contribution in [0.25, 0.3) is 22.0 Å². The summed E-state index contributed by atoms with van der Waals surface area (Å²) in [5.41, 5.74) is 2.90. The van der Waals surface area contributed by atoms with Crippen molar-refractivity contribution in [1.29, 1.82) is 0 Å². The van der Waals surface area contributed by atoms with Gasteiger partial charge in [-0.2, -0.15) is 0 Å². The highest BCUT2D eigenvalue weighted by molar-refractivity contribution is 5.95. The first kappa shape index (κ1) is 20.9. The first-order valence-corrected chi connectivity index (χ1v) is 11.0. The van der Waals surface area contributed by atoms with Crippen molar-refractivity contribution < 1.29 is 9.18 Å². The highest BCUT2D eigenvalue weighted by atomic mass is 19.1. The quantitative estimate of drug-likeness (QED) is 0.481. The Morgan fingerprint density at radius 2 is 1.70 bits per heavy atom. The molecule has 1 fully saturated rings. The monoisotopic (exact) mass is 441 g/mol. The molecule has 1 N–H and O–H groups in total. The van der Waals surface area contributed by atoms with Crippen molar-refractivity contribution in [3.63, 3.8) is 0 Å². The van der Waals surface area contributed by atoms with Gasteiger partial charge in [0.1, 0.15) is 5.82 Å². The molecule has 0 atom stereocenters. The van der Waals surface area contributed by atoms with E-state index in [2.05, 4.69) is 44.7 Å². The van der Waals surface area contributed by atoms with Crippen LogP contribution < -0.4 is 10.2 Å². The topological polar surface area (TPSA) is 61.4 Å². The molecule has 1 aromatic heterocycles. The molecule has 1 saturated heterocycles. The molecular formula is C26H24FN5O. The van der Waals surface area contributed by atoms with Gasteiger partial charge in [0.15, 0.2) is 5.82 Å². The summed E-state index contributed by atoms with van der Waals surface area (Å²) in [5, 5.41) is 14.0. The number of piperazine rings is 1. The smallest absolute Gasteiger partial charge is 0.321 e. The highest BCUT2D eigenvalue weighted by Crippen LogP contribution is 2.27. The van der Waals surface area contributed by atoms with Crippen LogP contribution in [0, 0.1) is 12.7 Å². The van der Waals surface area contributed by atoms with E-state index in [4.69, 9.17) is 0 Å². The largest absolute Gasteiger partial charge is 0.352 e. The summed E-state index contributed by atoms with van der Waals surface area (Å²) < 4.78 is 13.7. The normalized spacial score (nSPS) is 13.9. The zero-order valence-corrected chi connectivity index (χ0v) is 18.3. The Labute approximate surface area is 191 Å². The maximum absolute atomic E-state index is 13.7. The van der Waals surface area contributed by atoms with Crippen molar-refractivity contribution >= 4 is 28.3 Å². The number of hydrogen-bond acceptors (Lipinski definition) is 4. The lowest BCUT2D eigenvalue weighted by atomic mass is 10.0. The molecule has 5 rings (SSSR count). The molecule has 0 aliphatic carbocycles. The number of anilines is 2. The predicted octanol–water partition coefficient (Wildman–Crippen LogP) is 5.10. The van der Waals surface area contributed by atoms with E-state index in [0.717, 1.165) is 22.5 Å². The molecule has 33 heavy (non-hydrogen) atoms. The fourth-order valence-electron chi connectivity index (χ4n) is 4.10. The number of benzene rings is 3. The Balaban J connectivity index is 1.23. The lowest BCUT2D eigenvalue weighted by molar-refractivity contribution is 0.208. The zero-order chi connectivity index (χ0) is 22.8. The maximum Gasteiger partial charge on any atom is 0.321 e. The van der Waals surface area contributed by atoms with Crippen LogP contribution in [0.4, 0.5) is 20.7 Å². The van der Waals surface area contributed by atoms with Gasteiger partial charge >= 0.3 is 6.03 Å². The SMILES string of the molecule is Cc1ccc(NC(=O)N2CCN(c3ccc(-c4cccc5ccccc45)nn3)CC2)cc1F. The summed E-state index contributed by atoms with van der Waals surface area (Å²) in [6.45, 7) is 4.09. The van der Waals surface area contributed by atoms with E-state index in [0.29, 0.717) is 37.4 Å². The minimum absolute atomic E-state index is 0.227. The van der Waals surface area contributed by atoms with E-state index < -0.39 is 0 Å². The van der Waals surface area contributed by atoms with Crippen LogP contribution in [0.1, 0.15) is 5.56 Å². The van der Waals surface area contributed by atoms with E-state index in [-0.39, 0.29) is 11.8 Å². The molecular weight excluding hydrogens is 417 g/mol. The van der Waals surface area contributed by atoms with E-state index in [1.165, 1.54) is 11.5 Å². The molecule has 3 aromatic carbocycles. The van der Waals surface area contributed by atoms with Crippen LogP contribution in [0.2, 0.25) is 0 Å². The number of rotatable bonds is 3. The number of carbonyl (C=O) groups is 1. The van der Waals surface area contributed by atoms with Crippen molar-refractivity contribution in [3.05, 3.63) is 84.2 Å². The lowest BCUT2D eigenvalue weighted by Gasteiger charge is -2.35. The van der Waals surface area contributed by atoms with Gasteiger partial charge in [-0.15, -0.1) is 10.2 Å². The zero-order valence-electron chi connectivity index (χ0n) is 18.3. The molecule has 0 bridgehead atoms. The van der Waals surface area contributed by atoms with Crippen molar-refractivity contribution in [1.82, 2.24) is 15.1 Å². The number of carbonyl (C=O) groups excluding carboxylic acids is 1. The Hall–Kier alpha value is -4.00. The number of aryl methyl sites for hydroxylation is 1. The van der Waals surface area contributed by atoms with Crippen LogP contribution in [-0.2, 0) is 0 Å². The Morgan fingerprint density at radius 3 is 2.45 bits per heavy atom. The number of nitrogens with one attached hydrogen (secondary N) is 1. The molecule has 1 aliphatic rings. The second kappa shape index (κ2) is 8.86. The van der Waals surface area contributed by atoms with Crippen LogP contribution >= 0.6 is 0 Å². The number of halogens is 1. The van der Waals surface area contributed by atoms with Gasteiger partial charge in [-0.3, -0.25) is 0 Å². The van der Waals surface area contributed by atoms with Gasteiger partial charge in [0.05, 0.1) is 5.69 Å². The molecule has 7 heteroatoms. The molecule has 0 saturated carbocycles. The van der Waals surface area contributed by atoms with Crippen LogP contribution in [0.3, 0.4) is 0 Å². The molecule has 4 aromatic rings. The minimum atomic E-state index is -0.330. The lowest BCUT2D eigenvalue weighted by Crippen LogP contribution is -2.50. The summed E-state index contributed by atoms with van der Waals surface area (Å²) in [7, 11) is 0. The fourth-order valence-corrected chi connectivity index (χ4v) is 4.10. The Kier molecular flexibility index (Phi) is 5.60. The van der Waals surface area contributed by atoms with Gasteiger partial charge in [0.2, 0.25) is 0 Å². The van der Waals surface area contributed by atoms with Crippen molar-refractivity contribution in [2.24, 2.45) is 0 Å². The Bertz CT molecular complexity index is 1290. The van der Waals surface area contributed by atoms with Crippen molar-refractivity contribution in [3.8, 4) is 11.3 Å². The van der Waals surface area contributed by atoms with E-state index in [1.807, 2.05) is 30.3 Å². The summed E-state index contributed by atoms with van der Waals surface area (Å²) in [6, 6.07) is 22.9. The van der Waals surface area contributed by atoms with Gasteiger partial charge in [0, 0.05) is 37.4 Å². The first-order chi connectivity index (χ1) is 16.1. The molecule has 2 heterocycles. The number of fused-ring (bicyclic) bond motifs is 1. The van der Waals surface area contributed by atoms with Gasteiger partial charge < -0.3 is 15.1 Å². The number of urea groups is 1. The van der Waals surface area contributed by atoms with Gasteiger partial charge in [0.25, 0.3) is 0 Å². The molecule has 166 valence electrons. The third kappa shape index (κ3) is 4.35. The highest BCUT2D eigenvalue weighted by Gasteiger charge is 2.22. The summed E-state index contributed by atoms with van der Waals surface area (Å²) in [4.78, 5) is 16.4. The average Bonchev–Trinajstić information content (AvgIpc) is 2.86. The summed E-state index contributed by atoms with van der Waals surface area (Å²) in [5.74, 6) is 0.461. The van der Waals surface area contributed by atoms with Gasteiger partial charge in [-0.1, -0.05) is 48.5 Å². The molecule has 0 unspecified atom stereocenters. The molecule has 6 nitrogen and oxygen atoms in total. The third-order valence-electron chi connectivity index (χ3n) is 6.03. The van der Waals surface area contributed by atoms with Gasteiger partial charge in [-0.25, -0.2) is 9.18 Å². The van der Waals surface area contributed by atoms with Crippen molar-refractivity contribution in [2.45, 2.75) is 6.92 Å². The second-order valence-electron chi connectivity index (χ2n) is 8.17. The van der Waals surface area contributed by atoms with Crippen LogP contribution in [0.15, 0.2) is 72.8 Å². The second-order valence-corrected chi connectivity index (χ2v) is 8.17. The van der Waals surface area contributed by atoms with Crippen LogP contribution in [0.5, 0.6) is 0 Å². The molecule has 1 aliphatic heterocycles. The van der Waals surface area contributed by atoms with E-state index in [9.17, 15) is 9.18 Å². The van der Waals surface area contributed by atoms with Crippen molar-refractivity contribution in [2.75, 3.05) is 36.4 Å². The summed E-state index contributed by atoms with van der Waals surface area (Å²) >= 11 is 0. The minimum Gasteiger partial charge on any atom is -0.352 e. The predicted molar refractivity (Wildman–Crippen MR) is 129 cm³/mol. The average molecular weight is 442 g/mol. The number of amides is 2. The number of nitrogens with zero attached hydrogens (tertiary/aromatic N) is 4. The molecule has 0 radical (unpaired) electrons. The standard InChI is InChI=1S/C26H24FN5O/c1-18-9-10-20(17-23(18)27)28-26(33)32-15-13-31(14-16-32)25-12-11-24(29-30-25)22-8-4-6-19-5-2-3-7-21(19)22/h2-12,17H,13-16H2,1H3,(H,28,33). The number of aromatic nitrogens is 2. The first-order valence-electron chi connectivity index (χ1n) is 11.0.